The molecule has 1 heterocycles. The third-order valence-corrected chi connectivity index (χ3v) is 1.21. The summed E-state index contributed by atoms with van der Waals surface area (Å²) < 4.78 is 24.4. The molecule has 0 spiro atoms. The molecular weight excluding hydrogens is 192 g/mol. The second-order valence-corrected chi connectivity index (χ2v) is 2.22. The second-order valence-electron chi connectivity index (χ2n) is 1.41. The fourth-order valence-electron chi connectivity index (χ4n) is 0.395. The fraction of sp³-hybridized carbons (Fsp3) is 0. The van der Waals surface area contributed by atoms with Gasteiger partial charge in [-0.2, -0.15) is 4.39 Å². The van der Waals surface area contributed by atoms with Crippen molar-refractivity contribution in [3.63, 3.8) is 0 Å². The van der Waals surface area contributed by atoms with Gasteiger partial charge in [-0.1, -0.05) is 0 Å². The molecule has 0 aromatic carbocycles. The van der Waals surface area contributed by atoms with Gasteiger partial charge in [-0.15, -0.1) is 0 Å². The van der Waals surface area contributed by atoms with Gasteiger partial charge in [0.15, 0.2) is 5.82 Å². The molecule has 1 aromatic heterocycles. The van der Waals surface area contributed by atoms with E-state index in [1.807, 2.05) is 0 Å². The van der Waals surface area contributed by atoms with Crippen LogP contribution in [0.15, 0.2) is 16.7 Å². The maximum Gasteiger partial charge on any atom is 0.249 e. The molecule has 0 amide bonds. The van der Waals surface area contributed by atoms with Crippen molar-refractivity contribution in [3.05, 3.63) is 28.5 Å². The van der Waals surface area contributed by atoms with E-state index in [-0.39, 0.29) is 0 Å². The Balaban J connectivity index is 3.17. The van der Waals surface area contributed by atoms with Crippen LogP contribution < -0.4 is 0 Å². The highest BCUT2D eigenvalue weighted by atomic mass is 79.9. The molecule has 0 saturated heterocycles. The lowest BCUT2D eigenvalue weighted by Crippen LogP contribution is -1.87. The zero-order chi connectivity index (χ0) is 6.85. The van der Waals surface area contributed by atoms with E-state index in [2.05, 4.69) is 20.9 Å². The molecule has 0 aliphatic carbocycles. The minimum atomic E-state index is -1.08. The molecule has 0 aliphatic heterocycles. The number of pyridine rings is 1. The van der Waals surface area contributed by atoms with Gasteiger partial charge in [-0.3, -0.25) is 0 Å². The van der Waals surface area contributed by atoms with Crippen molar-refractivity contribution < 1.29 is 8.78 Å². The van der Waals surface area contributed by atoms with Gasteiger partial charge in [0.05, 0.1) is 0 Å². The zero-order valence-corrected chi connectivity index (χ0v) is 5.82. The normalized spacial score (nSPS) is 9.67. The molecule has 0 saturated carbocycles. The highest BCUT2D eigenvalue weighted by molar-refractivity contribution is 9.10. The molecule has 1 rings (SSSR count). The minimum absolute atomic E-state index is 0.293. The Bertz CT molecular complexity index is 226. The van der Waals surface area contributed by atoms with Crippen LogP contribution in [0.3, 0.4) is 0 Å². The third kappa shape index (κ3) is 1.45. The van der Waals surface area contributed by atoms with Crippen molar-refractivity contribution in [2.75, 3.05) is 0 Å². The van der Waals surface area contributed by atoms with Crippen molar-refractivity contribution in [2.45, 2.75) is 0 Å². The van der Waals surface area contributed by atoms with E-state index >= 15 is 0 Å². The van der Waals surface area contributed by atoms with Crippen LogP contribution >= 0.6 is 15.9 Å². The summed E-state index contributed by atoms with van der Waals surface area (Å²) >= 11 is 2.88. The van der Waals surface area contributed by atoms with Crippen molar-refractivity contribution in [1.82, 2.24) is 4.98 Å². The molecule has 0 unspecified atom stereocenters. The van der Waals surface area contributed by atoms with E-state index in [4.69, 9.17) is 0 Å². The number of hydrogen-bond acceptors (Lipinski definition) is 1. The SMILES string of the molecule is Fc1ccc(Br)nc1F. The van der Waals surface area contributed by atoms with Gasteiger partial charge in [-0.05, 0) is 28.1 Å². The summed E-state index contributed by atoms with van der Waals surface area (Å²) in [5, 5.41) is 0. The first-order chi connectivity index (χ1) is 4.20. The summed E-state index contributed by atoms with van der Waals surface area (Å²) in [4.78, 5) is 3.15. The smallest absolute Gasteiger partial charge is 0.210 e. The monoisotopic (exact) mass is 193 g/mol. The first-order valence-electron chi connectivity index (χ1n) is 2.17. The average Bonchev–Trinajstić information content (AvgIpc) is 1.80. The fourth-order valence-corrected chi connectivity index (χ4v) is 0.683. The van der Waals surface area contributed by atoms with Gasteiger partial charge in [0, 0.05) is 0 Å². The average molecular weight is 194 g/mol. The van der Waals surface area contributed by atoms with Crippen LogP contribution in [0.1, 0.15) is 0 Å². The van der Waals surface area contributed by atoms with E-state index in [0.717, 1.165) is 6.07 Å². The summed E-state index contributed by atoms with van der Waals surface area (Å²) in [6, 6.07) is 2.34. The first-order valence-corrected chi connectivity index (χ1v) is 2.97. The molecule has 48 valence electrons. The maximum atomic E-state index is 12.1. The van der Waals surface area contributed by atoms with Crippen LogP contribution in [0.4, 0.5) is 8.78 Å². The van der Waals surface area contributed by atoms with Crippen molar-refractivity contribution in [1.29, 1.82) is 0 Å². The number of halogens is 3. The molecule has 1 aromatic rings. The maximum absolute atomic E-state index is 12.1. The topological polar surface area (TPSA) is 12.9 Å². The molecule has 9 heavy (non-hydrogen) atoms. The Morgan fingerprint density at radius 3 is 2.44 bits per heavy atom. The number of rotatable bonds is 0. The van der Waals surface area contributed by atoms with Crippen LogP contribution in [0.2, 0.25) is 0 Å². The predicted molar refractivity (Wildman–Crippen MR) is 31.9 cm³/mol. The standard InChI is InChI=1S/C5H2BrF2N/c6-4-2-1-3(7)5(8)9-4/h1-2H. The summed E-state index contributed by atoms with van der Waals surface area (Å²) in [6.07, 6.45) is 0. The number of hydrogen-bond donors (Lipinski definition) is 0. The largest absolute Gasteiger partial charge is 0.249 e. The Hall–Kier alpha value is -0.510. The summed E-state index contributed by atoms with van der Waals surface area (Å²) in [5.41, 5.74) is 0. The molecule has 0 bridgehead atoms. The molecule has 0 fully saturated rings. The van der Waals surface area contributed by atoms with Crippen LogP contribution in [-0.2, 0) is 0 Å². The van der Waals surface area contributed by atoms with Crippen molar-refractivity contribution in [3.8, 4) is 0 Å². The van der Waals surface area contributed by atoms with E-state index in [1.54, 1.807) is 0 Å². The predicted octanol–water partition coefficient (Wildman–Crippen LogP) is 2.12. The lowest BCUT2D eigenvalue weighted by Gasteiger charge is -1.89. The first kappa shape index (κ1) is 6.61. The van der Waals surface area contributed by atoms with Crippen molar-refractivity contribution in [2.24, 2.45) is 0 Å². The van der Waals surface area contributed by atoms with E-state index in [0.29, 0.717) is 4.60 Å². The lowest BCUT2D eigenvalue weighted by molar-refractivity contribution is 0.477. The summed E-state index contributed by atoms with van der Waals surface area (Å²) in [5.74, 6) is -2.01. The van der Waals surface area contributed by atoms with Gasteiger partial charge in [-0.25, -0.2) is 9.37 Å². The minimum Gasteiger partial charge on any atom is -0.210 e. The Kier molecular flexibility index (Phi) is 1.75. The molecule has 0 N–H and O–H groups in total. The van der Waals surface area contributed by atoms with E-state index < -0.39 is 11.8 Å². The summed E-state index contributed by atoms with van der Waals surface area (Å²) in [7, 11) is 0. The third-order valence-electron chi connectivity index (χ3n) is 0.769. The highest BCUT2D eigenvalue weighted by Gasteiger charge is 2.00. The molecule has 1 nitrogen and oxygen atoms in total. The van der Waals surface area contributed by atoms with Crippen LogP contribution in [0, 0.1) is 11.8 Å². The van der Waals surface area contributed by atoms with Crippen LogP contribution in [-0.4, -0.2) is 4.98 Å². The summed E-state index contributed by atoms with van der Waals surface area (Å²) in [6.45, 7) is 0. The molecule has 0 atom stereocenters. The highest BCUT2D eigenvalue weighted by Crippen LogP contribution is 2.08. The Morgan fingerprint density at radius 2 is 2.00 bits per heavy atom. The zero-order valence-electron chi connectivity index (χ0n) is 4.24. The van der Waals surface area contributed by atoms with Crippen LogP contribution in [0.25, 0.3) is 0 Å². The van der Waals surface area contributed by atoms with Gasteiger partial charge < -0.3 is 0 Å². The molecular formula is C5H2BrF2N. The van der Waals surface area contributed by atoms with Gasteiger partial charge in [0.2, 0.25) is 5.95 Å². The second kappa shape index (κ2) is 2.39. The number of aromatic nitrogens is 1. The van der Waals surface area contributed by atoms with Gasteiger partial charge >= 0.3 is 0 Å². The Morgan fingerprint density at radius 1 is 1.33 bits per heavy atom. The van der Waals surface area contributed by atoms with Gasteiger partial charge in [0.25, 0.3) is 0 Å². The quantitative estimate of drug-likeness (QED) is 0.576. The molecule has 0 aliphatic rings. The van der Waals surface area contributed by atoms with Crippen molar-refractivity contribution >= 4 is 15.9 Å². The van der Waals surface area contributed by atoms with E-state index in [9.17, 15) is 8.78 Å². The van der Waals surface area contributed by atoms with Crippen LogP contribution in [0.5, 0.6) is 0 Å². The Labute approximate surface area is 58.8 Å². The van der Waals surface area contributed by atoms with Gasteiger partial charge in [0.1, 0.15) is 4.60 Å². The van der Waals surface area contributed by atoms with E-state index in [1.165, 1.54) is 6.07 Å². The number of nitrogens with zero attached hydrogens (tertiary/aromatic N) is 1. The molecule has 4 heteroatoms. The lowest BCUT2D eigenvalue weighted by atomic mass is 10.5. The molecule has 0 radical (unpaired) electrons.